The number of aliphatic hydroxyl groups is 1. The molecule has 0 aliphatic carbocycles. The molecule has 1 aromatic heterocycles. The van der Waals surface area contributed by atoms with Crippen LogP contribution in [0.4, 0.5) is 11.6 Å². The summed E-state index contributed by atoms with van der Waals surface area (Å²) in [5.41, 5.74) is 1.49. The van der Waals surface area contributed by atoms with Crippen molar-refractivity contribution in [3.05, 3.63) is 36.2 Å². The van der Waals surface area contributed by atoms with Crippen LogP contribution >= 0.6 is 0 Å². The average Bonchev–Trinajstić information content (AvgIpc) is 3.19. The van der Waals surface area contributed by atoms with E-state index in [9.17, 15) is 0 Å². The highest BCUT2D eigenvalue weighted by molar-refractivity contribution is 5.59. The van der Waals surface area contributed by atoms with Gasteiger partial charge in [-0.25, -0.2) is 9.97 Å². The third-order valence-electron chi connectivity index (χ3n) is 4.38. The molecule has 1 aliphatic rings. The first kappa shape index (κ1) is 18.4. The number of hydrogen-bond donors (Lipinski definition) is 2. The minimum absolute atomic E-state index is 0.0712. The van der Waals surface area contributed by atoms with Gasteiger partial charge in [-0.15, -0.1) is 0 Å². The fourth-order valence-corrected chi connectivity index (χ4v) is 2.97. The molecule has 1 fully saturated rings. The molecule has 3 rings (SSSR count). The summed E-state index contributed by atoms with van der Waals surface area (Å²) in [6, 6.07) is 5.64. The lowest BCUT2D eigenvalue weighted by molar-refractivity contribution is 0.254. The van der Waals surface area contributed by atoms with Gasteiger partial charge in [0.05, 0.1) is 20.3 Å². The van der Waals surface area contributed by atoms with Gasteiger partial charge in [-0.05, 0) is 44.5 Å². The van der Waals surface area contributed by atoms with Crippen LogP contribution in [0.25, 0.3) is 0 Å². The number of hydrogen-bond acceptors (Lipinski definition) is 7. The van der Waals surface area contributed by atoms with E-state index < -0.39 is 0 Å². The maximum Gasteiger partial charge on any atom is 0.227 e. The largest absolute Gasteiger partial charge is 0.493 e. The molecule has 2 aromatic rings. The van der Waals surface area contributed by atoms with Crippen molar-refractivity contribution in [3.8, 4) is 11.5 Å². The Morgan fingerprint density at radius 2 is 1.92 bits per heavy atom. The smallest absolute Gasteiger partial charge is 0.227 e. The minimum atomic E-state index is -0.0712. The number of aliphatic hydroxyl groups excluding tert-OH is 1. The van der Waals surface area contributed by atoms with E-state index in [4.69, 9.17) is 14.6 Å². The molecule has 0 saturated carbocycles. The van der Waals surface area contributed by atoms with E-state index in [-0.39, 0.29) is 6.61 Å². The number of nitrogens with one attached hydrogen (secondary N) is 1. The van der Waals surface area contributed by atoms with E-state index >= 15 is 0 Å². The first-order valence-electron chi connectivity index (χ1n) is 9.00. The van der Waals surface area contributed by atoms with Crippen LogP contribution in [0.3, 0.4) is 0 Å². The first-order chi connectivity index (χ1) is 12.8. The number of methoxy groups -OCH3 is 1. The molecule has 0 bridgehead atoms. The van der Waals surface area contributed by atoms with Crippen molar-refractivity contribution in [2.45, 2.75) is 25.9 Å². The fourth-order valence-electron chi connectivity index (χ4n) is 2.97. The Labute approximate surface area is 154 Å². The summed E-state index contributed by atoms with van der Waals surface area (Å²) in [6.45, 7) is 4.07. The molecule has 140 valence electrons. The SMILES string of the molecule is COc1ccc(Nc2ncc(CO)cn2)cc1OCCCN1CCCC1. The number of benzene rings is 1. The van der Waals surface area contributed by atoms with Crippen molar-refractivity contribution < 1.29 is 14.6 Å². The van der Waals surface area contributed by atoms with Crippen molar-refractivity contribution in [2.75, 3.05) is 38.7 Å². The van der Waals surface area contributed by atoms with Gasteiger partial charge in [-0.3, -0.25) is 0 Å². The van der Waals surface area contributed by atoms with Gasteiger partial charge in [-0.1, -0.05) is 0 Å². The second-order valence-electron chi connectivity index (χ2n) is 6.31. The topological polar surface area (TPSA) is 79.7 Å². The molecule has 7 heteroatoms. The lowest BCUT2D eigenvalue weighted by Crippen LogP contribution is -2.21. The summed E-state index contributed by atoms with van der Waals surface area (Å²) in [6.07, 6.45) is 6.79. The van der Waals surface area contributed by atoms with Crippen molar-refractivity contribution >= 4 is 11.6 Å². The molecular formula is C19H26N4O3. The van der Waals surface area contributed by atoms with Gasteiger partial charge in [0.1, 0.15) is 0 Å². The van der Waals surface area contributed by atoms with Crippen molar-refractivity contribution in [2.24, 2.45) is 0 Å². The Kier molecular flexibility index (Phi) is 6.62. The van der Waals surface area contributed by atoms with E-state index in [1.54, 1.807) is 19.5 Å². The van der Waals surface area contributed by atoms with Gasteiger partial charge in [0.2, 0.25) is 5.95 Å². The van der Waals surface area contributed by atoms with Crippen LogP contribution in [-0.2, 0) is 6.61 Å². The van der Waals surface area contributed by atoms with Gasteiger partial charge >= 0.3 is 0 Å². The number of nitrogens with zero attached hydrogens (tertiary/aromatic N) is 3. The molecule has 1 aromatic carbocycles. The molecular weight excluding hydrogens is 332 g/mol. The molecule has 26 heavy (non-hydrogen) atoms. The second-order valence-corrected chi connectivity index (χ2v) is 6.31. The lowest BCUT2D eigenvalue weighted by Gasteiger charge is -2.16. The van der Waals surface area contributed by atoms with Gasteiger partial charge in [0.25, 0.3) is 0 Å². The third kappa shape index (κ3) is 5.06. The molecule has 0 atom stereocenters. The summed E-state index contributed by atoms with van der Waals surface area (Å²) in [4.78, 5) is 10.8. The molecule has 2 N–H and O–H groups in total. The van der Waals surface area contributed by atoms with E-state index in [0.717, 1.165) is 18.7 Å². The number of likely N-dealkylation sites (tertiary alicyclic amines) is 1. The van der Waals surface area contributed by atoms with Crippen molar-refractivity contribution in [1.29, 1.82) is 0 Å². The first-order valence-corrected chi connectivity index (χ1v) is 9.00. The molecule has 1 aliphatic heterocycles. The van der Waals surface area contributed by atoms with Gasteiger partial charge in [0.15, 0.2) is 11.5 Å². The standard InChI is InChI=1S/C19H26N4O3/c1-25-17-6-5-16(22-19-20-12-15(14-24)13-21-19)11-18(17)26-10-4-9-23-7-2-3-8-23/h5-6,11-13,24H,2-4,7-10,14H2,1H3,(H,20,21,22). The van der Waals surface area contributed by atoms with Gasteiger partial charge in [0, 0.05) is 36.3 Å². The second kappa shape index (κ2) is 9.35. The minimum Gasteiger partial charge on any atom is -0.493 e. The molecule has 1 saturated heterocycles. The maximum atomic E-state index is 9.05. The normalized spacial score (nSPS) is 14.4. The summed E-state index contributed by atoms with van der Waals surface area (Å²) < 4.78 is 11.3. The summed E-state index contributed by atoms with van der Waals surface area (Å²) in [5.74, 6) is 1.87. The Morgan fingerprint density at radius 1 is 1.15 bits per heavy atom. The van der Waals surface area contributed by atoms with Crippen LogP contribution in [0.5, 0.6) is 11.5 Å². The van der Waals surface area contributed by atoms with Crippen LogP contribution in [0.2, 0.25) is 0 Å². The zero-order valence-electron chi connectivity index (χ0n) is 15.1. The zero-order valence-corrected chi connectivity index (χ0v) is 15.1. The highest BCUT2D eigenvalue weighted by Crippen LogP contribution is 2.31. The van der Waals surface area contributed by atoms with Crippen LogP contribution in [-0.4, -0.2) is 53.3 Å². The van der Waals surface area contributed by atoms with Crippen LogP contribution in [0.1, 0.15) is 24.8 Å². The number of ether oxygens (including phenoxy) is 2. The maximum absolute atomic E-state index is 9.05. The Morgan fingerprint density at radius 3 is 2.62 bits per heavy atom. The van der Waals surface area contributed by atoms with Crippen LogP contribution in [0, 0.1) is 0 Å². The van der Waals surface area contributed by atoms with Crippen molar-refractivity contribution in [1.82, 2.24) is 14.9 Å². The summed E-state index contributed by atoms with van der Waals surface area (Å²) in [5, 5.41) is 12.2. The van der Waals surface area contributed by atoms with Crippen LogP contribution in [0.15, 0.2) is 30.6 Å². The number of rotatable bonds is 9. The molecule has 2 heterocycles. The summed E-state index contributed by atoms with van der Waals surface area (Å²) in [7, 11) is 1.64. The van der Waals surface area contributed by atoms with E-state index in [1.165, 1.54) is 25.9 Å². The summed E-state index contributed by atoms with van der Waals surface area (Å²) >= 11 is 0. The molecule has 7 nitrogen and oxygen atoms in total. The molecule has 0 radical (unpaired) electrons. The number of aromatic nitrogens is 2. The van der Waals surface area contributed by atoms with E-state index in [1.807, 2.05) is 18.2 Å². The highest BCUT2D eigenvalue weighted by atomic mass is 16.5. The van der Waals surface area contributed by atoms with Crippen LogP contribution < -0.4 is 14.8 Å². The third-order valence-corrected chi connectivity index (χ3v) is 4.38. The van der Waals surface area contributed by atoms with Gasteiger partial charge in [-0.2, -0.15) is 0 Å². The van der Waals surface area contributed by atoms with E-state index in [2.05, 4.69) is 20.2 Å². The Balaban J connectivity index is 1.57. The number of anilines is 2. The van der Waals surface area contributed by atoms with Crippen molar-refractivity contribution in [3.63, 3.8) is 0 Å². The lowest BCUT2D eigenvalue weighted by atomic mass is 10.2. The molecule has 0 amide bonds. The van der Waals surface area contributed by atoms with Gasteiger partial charge < -0.3 is 24.8 Å². The average molecular weight is 358 g/mol. The molecule has 0 spiro atoms. The predicted octanol–water partition coefficient (Wildman–Crippen LogP) is 2.59. The quantitative estimate of drug-likeness (QED) is 0.667. The Bertz CT molecular complexity index is 688. The predicted molar refractivity (Wildman–Crippen MR) is 100 cm³/mol. The molecule has 0 unspecified atom stereocenters. The Hall–Kier alpha value is -2.38. The van der Waals surface area contributed by atoms with E-state index in [0.29, 0.717) is 29.6 Å². The zero-order chi connectivity index (χ0) is 18.2. The highest BCUT2D eigenvalue weighted by Gasteiger charge is 2.11. The fraction of sp³-hybridized carbons (Fsp3) is 0.474. The monoisotopic (exact) mass is 358 g/mol.